The van der Waals surface area contributed by atoms with Gasteiger partial charge < -0.3 is 19.8 Å². The van der Waals surface area contributed by atoms with Crippen molar-refractivity contribution in [2.24, 2.45) is 0 Å². The molecule has 144 valence electrons. The van der Waals surface area contributed by atoms with Crippen LogP contribution in [-0.2, 0) is 20.5 Å². The molecule has 0 saturated heterocycles. The Morgan fingerprint density at radius 1 is 1.19 bits per heavy atom. The first-order valence-electron chi connectivity index (χ1n) is 7.30. The lowest BCUT2D eigenvalue weighted by Crippen LogP contribution is -2.32. The quantitative estimate of drug-likeness (QED) is 0.721. The van der Waals surface area contributed by atoms with Crippen molar-refractivity contribution in [2.45, 2.75) is 6.18 Å². The molecule has 11 heteroatoms. The van der Waals surface area contributed by atoms with Crippen molar-refractivity contribution in [2.75, 3.05) is 18.5 Å². The van der Waals surface area contributed by atoms with Crippen molar-refractivity contribution in [1.29, 1.82) is 0 Å². The van der Waals surface area contributed by atoms with Gasteiger partial charge in [-0.25, -0.2) is 0 Å². The summed E-state index contributed by atoms with van der Waals surface area (Å²) in [6.07, 6.45) is -3.41. The van der Waals surface area contributed by atoms with Gasteiger partial charge in [-0.1, -0.05) is 11.6 Å². The molecule has 0 aliphatic heterocycles. The highest BCUT2D eigenvalue weighted by Crippen LogP contribution is 2.36. The minimum Gasteiger partial charge on any atom is -0.459 e. The second-order valence-electron chi connectivity index (χ2n) is 5.06. The third-order valence-electron chi connectivity index (χ3n) is 3.06. The van der Waals surface area contributed by atoms with Crippen LogP contribution in [0.15, 0.2) is 41.0 Å². The Labute approximate surface area is 155 Å². The number of amides is 2. The highest BCUT2D eigenvalue weighted by atomic mass is 35.5. The lowest BCUT2D eigenvalue weighted by Gasteiger charge is -2.12. The van der Waals surface area contributed by atoms with Crippen molar-refractivity contribution in [3.8, 4) is 0 Å². The molecule has 0 spiro atoms. The molecule has 27 heavy (non-hydrogen) atoms. The van der Waals surface area contributed by atoms with E-state index in [2.05, 4.69) is 15.4 Å². The summed E-state index contributed by atoms with van der Waals surface area (Å²) in [7, 11) is 0. The third kappa shape index (κ3) is 6.03. The van der Waals surface area contributed by atoms with E-state index in [0.29, 0.717) is 6.07 Å². The van der Waals surface area contributed by atoms with Gasteiger partial charge in [-0.2, -0.15) is 13.2 Å². The summed E-state index contributed by atoms with van der Waals surface area (Å²) < 4.78 is 47.7. The van der Waals surface area contributed by atoms with E-state index in [4.69, 9.17) is 16.0 Å². The molecule has 1 aromatic heterocycles. The first kappa shape index (κ1) is 20.3. The molecule has 1 heterocycles. The van der Waals surface area contributed by atoms with Crippen molar-refractivity contribution in [3.05, 3.63) is 52.9 Å². The maximum atomic E-state index is 12.8. The van der Waals surface area contributed by atoms with Crippen LogP contribution in [0.1, 0.15) is 16.1 Å². The Morgan fingerprint density at radius 2 is 1.93 bits per heavy atom. The lowest BCUT2D eigenvalue weighted by atomic mass is 10.2. The minimum atomic E-state index is -4.68. The molecule has 2 aromatic rings. The van der Waals surface area contributed by atoms with Gasteiger partial charge in [-0.15, -0.1) is 0 Å². The highest BCUT2D eigenvalue weighted by molar-refractivity contribution is 6.31. The lowest BCUT2D eigenvalue weighted by molar-refractivity contribution is -0.146. The average Bonchev–Trinajstić information content (AvgIpc) is 3.13. The second-order valence-corrected chi connectivity index (χ2v) is 5.47. The normalized spacial score (nSPS) is 11.0. The van der Waals surface area contributed by atoms with Crippen molar-refractivity contribution < 1.29 is 36.7 Å². The van der Waals surface area contributed by atoms with Gasteiger partial charge in [0.25, 0.3) is 11.8 Å². The number of carbonyl (C=O) groups excluding carboxylic acids is 3. The molecular weight excluding hydrogens is 393 g/mol. The number of esters is 1. The van der Waals surface area contributed by atoms with Crippen LogP contribution in [0, 0.1) is 0 Å². The SMILES string of the molecule is O=C(COC(=O)CNC(=O)c1ccco1)Nc1ccc(Cl)c(C(F)(F)F)c1. The van der Waals surface area contributed by atoms with E-state index in [9.17, 15) is 27.6 Å². The predicted molar refractivity (Wildman–Crippen MR) is 87.1 cm³/mol. The standard InChI is InChI=1S/C16H12ClF3N2O5/c17-11-4-3-9(6-10(11)16(18,19)20)22-13(23)8-27-14(24)7-21-15(25)12-2-1-5-26-12/h1-6H,7-8H2,(H,21,25)(H,22,23). The maximum Gasteiger partial charge on any atom is 0.417 e. The molecule has 2 rings (SSSR count). The third-order valence-corrected chi connectivity index (χ3v) is 3.39. The van der Waals surface area contributed by atoms with Crippen molar-refractivity contribution >= 4 is 35.1 Å². The number of furan rings is 1. The molecule has 0 unspecified atom stereocenters. The zero-order valence-corrected chi connectivity index (χ0v) is 14.2. The zero-order chi connectivity index (χ0) is 20.0. The smallest absolute Gasteiger partial charge is 0.417 e. The van der Waals surface area contributed by atoms with E-state index < -0.39 is 47.7 Å². The van der Waals surface area contributed by atoms with Crippen LogP contribution >= 0.6 is 11.6 Å². The first-order chi connectivity index (χ1) is 12.7. The predicted octanol–water partition coefficient (Wildman–Crippen LogP) is 2.86. The Balaban J connectivity index is 1.80. The Kier molecular flexibility index (Phi) is 6.45. The molecule has 0 aliphatic rings. The summed E-state index contributed by atoms with van der Waals surface area (Å²) in [6.45, 7) is -1.27. The molecular formula is C16H12ClF3N2O5. The van der Waals surface area contributed by atoms with E-state index >= 15 is 0 Å². The molecule has 0 bridgehead atoms. The number of nitrogens with one attached hydrogen (secondary N) is 2. The number of rotatable bonds is 6. The van der Waals surface area contributed by atoms with Crippen molar-refractivity contribution in [3.63, 3.8) is 0 Å². The molecule has 0 fully saturated rings. The maximum absolute atomic E-state index is 12.8. The van der Waals surface area contributed by atoms with Gasteiger partial charge in [0.1, 0.15) is 6.54 Å². The summed E-state index contributed by atoms with van der Waals surface area (Å²) in [6, 6.07) is 5.68. The topological polar surface area (TPSA) is 97.6 Å². The van der Waals surface area contributed by atoms with Gasteiger partial charge in [-0.3, -0.25) is 14.4 Å². The van der Waals surface area contributed by atoms with Gasteiger partial charge in [0.2, 0.25) is 0 Å². The van der Waals surface area contributed by atoms with Crippen molar-refractivity contribution in [1.82, 2.24) is 5.32 Å². The fourth-order valence-corrected chi connectivity index (χ4v) is 2.09. The first-order valence-corrected chi connectivity index (χ1v) is 7.68. The summed E-state index contributed by atoms with van der Waals surface area (Å²) in [5, 5.41) is 3.84. The number of benzene rings is 1. The molecule has 2 amide bonds. The van der Waals surface area contributed by atoms with Gasteiger partial charge in [0, 0.05) is 5.69 Å². The molecule has 1 aromatic carbocycles. The number of alkyl halides is 3. The van der Waals surface area contributed by atoms with E-state index in [1.807, 2.05) is 0 Å². The Morgan fingerprint density at radius 3 is 2.56 bits per heavy atom. The summed E-state index contributed by atoms with van der Waals surface area (Å²) in [4.78, 5) is 34.7. The molecule has 0 aliphatic carbocycles. The number of carbonyl (C=O) groups is 3. The molecule has 0 atom stereocenters. The molecule has 7 nitrogen and oxygen atoms in total. The fraction of sp³-hybridized carbons (Fsp3) is 0.188. The van der Waals surface area contributed by atoms with E-state index in [0.717, 1.165) is 6.07 Å². The van der Waals surface area contributed by atoms with Crippen LogP contribution < -0.4 is 10.6 Å². The minimum absolute atomic E-state index is 0.0104. The van der Waals surface area contributed by atoms with Crippen LogP contribution in [-0.4, -0.2) is 30.9 Å². The summed E-state index contributed by atoms with van der Waals surface area (Å²) in [5.74, 6) is -2.45. The number of hydrogen-bond donors (Lipinski definition) is 2. The Hall–Kier alpha value is -3.01. The van der Waals surface area contributed by atoms with Crippen LogP contribution in [0.2, 0.25) is 5.02 Å². The number of anilines is 1. The largest absolute Gasteiger partial charge is 0.459 e. The molecule has 0 radical (unpaired) electrons. The van der Waals surface area contributed by atoms with Gasteiger partial charge in [0.05, 0.1) is 16.8 Å². The molecule has 2 N–H and O–H groups in total. The van der Waals surface area contributed by atoms with Gasteiger partial charge in [0.15, 0.2) is 12.4 Å². The fourth-order valence-electron chi connectivity index (χ4n) is 1.86. The van der Waals surface area contributed by atoms with Crippen LogP contribution in [0.4, 0.5) is 18.9 Å². The van der Waals surface area contributed by atoms with Crippen LogP contribution in [0.25, 0.3) is 0 Å². The average molecular weight is 405 g/mol. The Bertz CT molecular complexity index is 837. The number of halogens is 4. The van der Waals surface area contributed by atoms with E-state index in [-0.39, 0.29) is 11.4 Å². The summed E-state index contributed by atoms with van der Waals surface area (Å²) >= 11 is 5.47. The van der Waals surface area contributed by atoms with E-state index in [1.165, 1.54) is 24.5 Å². The number of ether oxygens (including phenoxy) is 1. The summed E-state index contributed by atoms with van der Waals surface area (Å²) in [5.41, 5.74) is -1.28. The second kappa shape index (κ2) is 8.58. The van der Waals surface area contributed by atoms with Gasteiger partial charge in [-0.05, 0) is 30.3 Å². The highest BCUT2D eigenvalue weighted by Gasteiger charge is 2.33. The van der Waals surface area contributed by atoms with Gasteiger partial charge >= 0.3 is 12.1 Å². The monoisotopic (exact) mass is 404 g/mol. The van der Waals surface area contributed by atoms with Crippen LogP contribution in [0.5, 0.6) is 0 Å². The van der Waals surface area contributed by atoms with Crippen LogP contribution in [0.3, 0.4) is 0 Å². The zero-order valence-electron chi connectivity index (χ0n) is 13.4. The number of hydrogen-bond acceptors (Lipinski definition) is 5. The van der Waals surface area contributed by atoms with E-state index in [1.54, 1.807) is 0 Å². The molecule has 0 saturated carbocycles.